The number of hydrogen-bond acceptors (Lipinski definition) is 0. The Kier molecular flexibility index (Phi) is 2.27. The van der Waals surface area contributed by atoms with Crippen LogP contribution in [0.5, 0.6) is 0 Å². The molecule has 0 radical (unpaired) electrons. The second-order valence-electron chi connectivity index (χ2n) is 2.46. The molecular weight excluding hydrogens is 120 g/mol. The topological polar surface area (TPSA) is 0 Å². The van der Waals surface area contributed by atoms with E-state index in [0.29, 0.717) is 0 Å². The summed E-state index contributed by atoms with van der Waals surface area (Å²) in [6.45, 7) is 5.82. The van der Waals surface area contributed by atoms with Gasteiger partial charge in [-0.3, -0.25) is 0 Å². The van der Waals surface area contributed by atoms with Crippen molar-refractivity contribution >= 4 is 0 Å². The molecule has 0 aromatic heterocycles. The Balaban J connectivity index is 2.83. The van der Waals surface area contributed by atoms with Gasteiger partial charge in [-0.15, -0.1) is 0 Å². The second kappa shape index (κ2) is 3.21. The van der Waals surface area contributed by atoms with Crippen LogP contribution in [0.1, 0.15) is 13.3 Å². The molecule has 0 atom stereocenters. The predicted molar refractivity (Wildman–Crippen MR) is 45.8 cm³/mol. The third-order valence-electron chi connectivity index (χ3n) is 1.56. The second-order valence-corrected chi connectivity index (χ2v) is 2.46. The highest BCUT2D eigenvalue weighted by atomic mass is 14.0. The minimum atomic E-state index is 1.01. The summed E-state index contributed by atoms with van der Waals surface area (Å²) in [6.07, 6.45) is 11.4. The number of rotatable bonds is 1. The molecule has 1 aliphatic carbocycles. The van der Waals surface area contributed by atoms with Gasteiger partial charge in [0.15, 0.2) is 0 Å². The molecule has 0 saturated heterocycles. The molecule has 0 N–H and O–H groups in total. The quantitative estimate of drug-likeness (QED) is 0.514. The highest BCUT2D eigenvalue weighted by Crippen LogP contribution is 2.10. The summed E-state index contributed by atoms with van der Waals surface area (Å²) in [6, 6.07) is 0. The van der Waals surface area contributed by atoms with Crippen LogP contribution in [-0.2, 0) is 0 Å². The van der Waals surface area contributed by atoms with Crippen LogP contribution >= 0.6 is 0 Å². The average Bonchev–Trinajstić information content (AvgIpc) is 2.14. The van der Waals surface area contributed by atoms with E-state index in [0.717, 1.165) is 6.42 Å². The highest BCUT2D eigenvalue weighted by molar-refractivity contribution is 5.33. The van der Waals surface area contributed by atoms with Crippen LogP contribution in [0.3, 0.4) is 0 Å². The third-order valence-corrected chi connectivity index (χ3v) is 1.56. The number of allylic oxidation sites excluding steroid dienone is 7. The van der Waals surface area contributed by atoms with E-state index in [2.05, 4.69) is 37.8 Å². The first-order valence-corrected chi connectivity index (χ1v) is 3.49. The lowest BCUT2D eigenvalue weighted by Gasteiger charge is -1.89. The average molecular weight is 132 g/mol. The van der Waals surface area contributed by atoms with Crippen LogP contribution < -0.4 is 0 Å². The Bertz CT molecular complexity index is 214. The van der Waals surface area contributed by atoms with Gasteiger partial charge in [-0.1, -0.05) is 42.5 Å². The van der Waals surface area contributed by atoms with Crippen molar-refractivity contribution in [1.29, 1.82) is 0 Å². The van der Waals surface area contributed by atoms with E-state index in [1.54, 1.807) is 0 Å². The standard InChI is InChI=1S/C10H12/c1-3-10-6-4-5-9(2)7-8-10/h3-5,7-8H,1,6H2,2H3. The fraction of sp³-hybridized carbons (Fsp3) is 0.200. The van der Waals surface area contributed by atoms with Crippen LogP contribution in [0.2, 0.25) is 0 Å². The Morgan fingerprint density at radius 1 is 1.50 bits per heavy atom. The van der Waals surface area contributed by atoms with Crippen molar-refractivity contribution in [3.63, 3.8) is 0 Å². The molecule has 0 aliphatic heterocycles. The van der Waals surface area contributed by atoms with Gasteiger partial charge < -0.3 is 0 Å². The van der Waals surface area contributed by atoms with Gasteiger partial charge in [0, 0.05) is 0 Å². The molecule has 0 aromatic rings. The van der Waals surface area contributed by atoms with Crippen molar-refractivity contribution in [3.8, 4) is 0 Å². The Labute approximate surface area is 62.3 Å². The molecule has 52 valence electrons. The smallest absolute Gasteiger partial charge is 0.00944 e. The summed E-state index contributed by atoms with van der Waals surface area (Å²) in [4.78, 5) is 0. The third kappa shape index (κ3) is 1.73. The molecule has 0 saturated carbocycles. The van der Waals surface area contributed by atoms with Crippen LogP contribution in [0.25, 0.3) is 0 Å². The predicted octanol–water partition coefficient (Wildman–Crippen LogP) is 3.01. The molecule has 0 spiro atoms. The van der Waals surface area contributed by atoms with Gasteiger partial charge in [-0.05, 0) is 18.9 Å². The van der Waals surface area contributed by atoms with Gasteiger partial charge in [0.2, 0.25) is 0 Å². The first-order valence-electron chi connectivity index (χ1n) is 3.49. The highest BCUT2D eigenvalue weighted by Gasteiger charge is 1.90. The molecule has 0 bridgehead atoms. The first-order chi connectivity index (χ1) is 4.83. The zero-order chi connectivity index (χ0) is 7.40. The Morgan fingerprint density at radius 3 is 3.00 bits per heavy atom. The molecule has 10 heavy (non-hydrogen) atoms. The van der Waals surface area contributed by atoms with Gasteiger partial charge in [0.05, 0.1) is 0 Å². The SMILES string of the molecule is C=CC1=CC=C(C)C=CC1. The molecule has 0 amide bonds. The van der Waals surface area contributed by atoms with Gasteiger partial charge in [-0.25, -0.2) is 0 Å². The Hall–Kier alpha value is -1.04. The van der Waals surface area contributed by atoms with E-state index in [1.807, 2.05) is 6.08 Å². The fourth-order valence-electron chi connectivity index (χ4n) is 0.894. The van der Waals surface area contributed by atoms with Gasteiger partial charge >= 0.3 is 0 Å². The lowest BCUT2D eigenvalue weighted by molar-refractivity contribution is 1.30. The molecule has 0 unspecified atom stereocenters. The van der Waals surface area contributed by atoms with Crippen LogP contribution in [0, 0.1) is 0 Å². The van der Waals surface area contributed by atoms with Gasteiger partial charge in [-0.2, -0.15) is 0 Å². The first kappa shape index (κ1) is 7.07. The lowest BCUT2D eigenvalue weighted by atomic mass is 10.2. The minimum Gasteiger partial charge on any atom is -0.0988 e. The van der Waals surface area contributed by atoms with Crippen molar-refractivity contribution in [1.82, 2.24) is 0 Å². The molecule has 0 heteroatoms. The van der Waals surface area contributed by atoms with E-state index < -0.39 is 0 Å². The van der Waals surface area contributed by atoms with Crippen LogP contribution in [0.15, 0.2) is 48.1 Å². The summed E-state index contributed by atoms with van der Waals surface area (Å²) in [5, 5.41) is 0. The zero-order valence-electron chi connectivity index (χ0n) is 6.30. The van der Waals surface area contributed by atoms with Crippen molar-refractivity contribution in [2.75, 3.05) is 0 Å². The van der Waals surface area contributed by atoms with Crippen molar-refractivity contribution in [2.24, 2.45) is 0 Å². The molecule has 0 fully saturated rings. The summed E-state index contributed by atoms with van der Waals surface area (Å²) in [5.74, 6) is 0. The van der Waals surface area contributed by atoms with Crippen LogP contribution in [0.4, 0.5) is 0 Å². The van der Waals surface area contributed by atoms with Crippen molar-refractivity contribution in [3.05, 3.63) is 48.1 Å². The Morgan fingerprint density at radius 2 is 2.30 bits per heavy atom. The zero-order valence-corrected chi connectivity index (χ0v) is 6.30. The maximum atomic E-state index is 3.72. The maximum absolute atomic E-state index is 3.72. The molecule has 0 aromatic carbocycles. The molecule has 1 aliphatic rings. The summed E-state index contributed by atoms with van der Waals surface area (Å²) >= 11 is 0. The van der Waals surface area contributed by atoms with E-state index in [4.69, 9.17) is 0 Å². The summed E-state index contributed by atoms with van der Waals surface area (Å²) < 4.78 is 0. The molecular formula is C10H12. The molecule has 0 nitrogen and oxygen atoms in total. The molecule has 1 rings (SSSR count). The summed E-state index contributed by atoms with van der Waals surface area (Å²) in [5.41, 5.74) is 2.59. The number of hydrogen-bond donors (Lipinski definition) is 0. The maximum Gasteiger partial charge on any atom is -0.00944 e. The van der Waals surface area contributed by atoms with Gasteiger partial charge in [0.25, 0.3) is 0 Å². The normalized spacial score (nSPS) is 17.3. The van der Waals surface area contributed by atoms with E-state index in [9.17, 15) is 0 Å². The van der Waals surface area contributed by atoms with E-state index >= 15 is 0 Å². The lowest BCUT2D eigenvalue weighted by Crippen LogP contribution is -1.69. The monoisotopic (exact) mass is 132 g/mol. The summed E-state index contributed by atoms with van der Waals surface area (Å²) in [7, 11) is 0. The van der Waals surface area contributed by atoms with Crippen LogP contribution in [-0.4, -0.2) is 0 Å². The van der Waals surface area contributed by atoms with Crippen molar-refractivity contribution in [2.45, 2.75) is 13.3 Å². The van der Waals surface area contributed by atoms with Gasteiger partial charge in [0.1, 0.15) is 0 Å². The fourth-order valence-corrected chi connectivity index (χ4v) is 0.894. The van der Waals surface area contributed by atoms with E-state index in [1.165, 1.54) is 11.1 Å². The minimum absolute atomic E-state index is 1.01. The largest absolute Gasteiger partial charge is 0.0988 e. The van der Waals surface area contributed by atoms with E-state index in [-0.39, 0.29) is 0 Å². The van der Waals surface area contributed by atoms with Crippen molar-refractivity contribution < 1.29 is 0 Å². The molecule has 0 heterocycles.